The van der Waals surface area contributed by atoms with Gasteiger partial charge in [-0.3, -0.25) is 9.59 Å². The van der Waals surface area contributed by atoms with Gasteiger partial charge in [0.2, 0.25) is 6.10 Å². The van der Waals surface area contributed by atoms with Crippen LogP contribution in [0, 0.1) is 10.8 Å². The second kappa shape index (κ2) is 8.43. The van der Waals surface area contributed by atoms with Gasteiger partial charge < -0.3 is 28.8 Å². The van der Waals surface area contributed by atoms with Crippen LogP contribution in [0.2, 0.25) is 0 Å². The van der Waals surface area contributed by atoms with E-state index < -0.39 is 65.2 Å². The second-order valence-electron chi connectivity index (χ2n) is 9.58. The lowest BCUT2D eigenvalue weighted by atomic mass is 9.90. The second-order valence-corrected chi connectivity index (χ2v) is 9.58. The number of fused-ring (bicyclic) bond motifs is 3. The van der Waals surface area contributed by atoms with Gasteiger partial charge in [0.1, 0.15) is 6.10 Å². The highest BCUT2D eigenvalue weighted by atomic mass is 16.8. The molecule has 0 bridgehead atoms. The molecule has 0 spiro atoms. The lowest BCUT2D eigenvalue weighted by molar-refractivity contribution is -0.217. The molecular formula is C21H34O9. The highest BCUT2D eigenvalue weighted by Crippen LogP contribution is 2.43. The third kappa shape index (κ3) is 4.95. The maximum atomic E-state index is 12.2. The van der Waals surface area contributed by atoms with Crippen molar-refractivity contribution in [3.05, 3.63) is 0 Å². The topological polar surface area (TPSA) is 118 Å². The van der Waals surface area contributed by atoms with E-state index >= 15 is 0 Å². The fourth-order valence-electron chi connectivity index (χ4n) is 2.90. The normalized spacial score (nSPS) is 31.9. The summed E-state index contributed by atoms with van der Waals surface area (Å²) in [6.45, 7) is 14.3. The van der Waals surface area contributed by atoms with Crippen molar-refractivity contribution in [1.29, 1.82) is 0 Å². The average molecular weight is 430 g/mol. The van der Waals surface area contributed by atoms with E-state index in [9.17, 15) is 14.4 Å². The first-order chi connectivity index (χ1) is 13.6. The Kier molecular flexibility index (Phi) is 6.90. The lowest BCUT2D eigenvalue weighted by Crippen LogP contribution is -2.40. The van der Waals surface area contributed by atoms with E-state index in [1.807, 2.05) is 13.8 Å². The number of carbonyl (C=O) groups is 3. The summed E-state index contributed by atoms with van der Waals surface area (Å²) in [5.41, 5.74) is -1.21. The maximum absolute atomic E-state index is 12.2. The smallest absolute Gasteiger partial charge is 0.350 e. The standard InChI is InChI=1S/C15H22O7.C6H12O2/c1-6-14(2,3)13(17)20-9-7-8(18-11(9)16)10-12(19-7)22-15(4,5)21-10;1-4-6(2,3)5(7)8/h7-10,12H,6H2,1-5H3;4H2,1-3H3,(H,7,8). The minimum atomic E-state index is -1.07. The Morgan fingerprint density at radius 3 is 2.03 bits per heavy atom. The number of rotatable bonds is 5. The van der Waals surface area contributed by atoms with Crippen LogP contribution in [0.4, 0.5) is 0 Å². The summed E-state index contributed by atoms with van der Waals surface area (Å²) in [6.07, 6.45) is -2.18. The maximum Gasteiger partial charge on any atom is 0.350 e. The predicted molar refractivity (Wildman–Crippen MR) is 104 cm³/mol. The molecule has 5 unspecified atom stereocenters. The molecule has 3 rings (SSSR count). The molecule has 0 aromatic rings. The number of aliphatic carboxylic acids is 1. The molecule has 3 aliphatic heterocycles. The molecule has 0 saturated carbocycles. The molecule has 5 atom stereocenters. The molecule has 0 aromatic heterocycles. The summed E-state index contributed by atoms with van der Waals surface area (Å²) in [6, 6.07) is 0. The third-order valence-corrected chi connectivity index (χ3v) is 5.94. The van der Waals surface area contributed by atoms with Gasteiger partial charge in [0.25, 0.3) is 0 Å². The van der Waals surface area contributed by atoms with E-state index in [4.69, 9.17) is 28.8 Å². The van der Waals surface area contributed by atoms with Crippen molar-refractivity contribution in [1.82, 2.24) is 0 Å². The van der Waals surface area contributed by atoms with E-state index in [-0.39, 0.29) is 0 Å². The number of esters is 2. The molecule has 3 aliphatic rings. The van der Waals surface area contributed by atoms with Crippen molar-refractivity contribution < 1.29 is 43.2 Å². The van der Waals surface area contributed by atoms with Gasteiger partial charge in [-0.05, 0) is 54.4 Å². The van der Waals surface area contributed by atoms with E-state index in [0.29, 0.717) is 12.8 Å². The van der Waals surface area contributed by atoms with Crippen LogP contribution in [0.15, 0.2) is 0 Å². The van der Waals surface area contributed by atoms with Gasteiger partial charge in [0.15, 0.2) is 24.3 Å². The SMILES string of the molecule is CCC(C)(C)C(=O)O.CCC(C)(C)C(=O)OC1C(=O)OC2C3OC(C)(C)OC3OC12. The fourth-order valence-corrected chi connectivity index (χ4v) is 2.90. The van der Waals surface area contributed by atoms with Crippen molar-refractivity contribution in [2.24, 2.45) is 10.8 Å². The summed E-state index contributed by atoms with van der Waals surface area (Å²) in [7, 11) is 0. The van der Waals surface area contributed by atoms with E-state index in [0.717, 1.165) is 0 Å². The molecule has 0 aromatic carbocycles. The lowest BCUT2D eigenvalue weighted by Gasteiger charge is -2.24. The minimum Gasteiger partial charge on any atom is -0.481 e. The molecule has 0 amide bonds. The monoisotopic (exact) mass is 430 g/mol. The van der Waals surface area contributed by atoms with E-state index in [1.54, 1.807) is 41.5 Å². The number of ether oxygens (including phenoxy) is 5. The van der Waals surface area contributed by atoms with E-state index in [2.05, 4.69) is 0 Å². The summed E-state index contributed by atoms with van der Waals surface area (Å²) in [4.78, 5) is 34.5. The zero-order chi connectivity index (χ0) is 23.1. The molecule has 9 heteroatoms. The van der Waals surface area contributed by atoms with Crippen molar-refractivity contribution in [3.63, 3.8) is 0 Å². The van der Waals surface area contributed by atoms with Gasteiger partial charge in [-0.15, -0.1) is 0 Å². The van der Waals surface area contributed by atoms with E-state index in [1.165, 1.54) is 0 Å². The van der Waals surface area contributed by atoms with Crippen LogP contribution in [-0.2, 0) is 38.1 Å². The first kappa shape index (κ1) is 24.6. The molecule has 3 fully saturated rings. The summed E-state index contributed by atoms with van der Waals surface area (Å²) in [5, 5.41) is 8.44. The van der Waals surface area contributed by atoms with Crippen LogP contribution in [0.5, 0.6) is 0 Å². The molecule has 0 radical (unpaired) electrons. The first-order valence-electron chi connectivity index (χ1n) is 10.3. The minimum absolute atomic E-state index is 0.444. The highest BCUT2D eigenvalue weighted by molar-refractivity contribution is 5.84. The molecule has 1 N–H and O–H groups in total. The molecule has 172 valence electrons. The van der Waals surface area contributed by atoms with Crippen molar-refractivity contribution in [2.45, 2.75) is 105 Å². The van der Waals surface area contributed by atoms with Gasteiger partial charge in [0, 0.05) is 0 Å². The average Bonchev–Trinajstić information content (AvgIpc) is 3.22. The number of hydrogen-bond acceptors (Lipinski definition) is 8. The Hall–Kier alpha value is -1.71. The van der Waals surface area contributed by atoms with Crippen LogP contribution in [0.1, 0.15) is 68.2 Å². The molecule has 3 saturated heterocycles. The highest BCUT2D eigenvalue weighted by Gasteiger charge is 2.64. The Morgan fingerprint density at radius 2 is 1.57 bits per heavy atom. The van der Waals surface area contributed by atoms with Gasteiger partial charge in [-0.25, -0.2) is 4.79 Å². The van der Waals surface area contributed by atoms with Crippen molar-refractivity contribution >= 4 is 17.9 Å². The van der Waals surface area contributed by atoms with Crippen LogP contribution < -0.4 is 0 Å². The number of carboxylic acids is 1. The van der Waals surface area contributed by atoms with Gasteiger partial charge in [0.05, 0.1) is 10.8 Å². The number of carbonyl (C=O) groups excluding carboxylic acids is 2. The Balaban J connectivity index is 0.000000343. The Morgan fingerprint density at radius 1 is 1.00 bits per heavy atom. The van der Waals surface area contributed by atoms with Crippen LogP contribution in [0.25, 0.3) is 0 Å². The molecule has 30 heavy (non-hydrogen) atoms. The summed E-state index contributed by atoms with van der Waals surface area (Å²) in [5.74, 6) is -2.55. The largest absolute Gasteiger partial charge is 0.481 e. The number of hydrogen-bond donors (Lipinski definition) is 1. The zero-order valence-electron chi connectivity index (χ0n) is 19.0. The Bertz CT molecular complexity index is 682. The molecule has 0 aliphatic carbocycles. The number of carboxylic acid groups (broad SMARTS) is 1. The van der Waals surface area contributed by atoms with Crippen molar-refractivity contribution in [2.75, 3.05) is 0 Å². The molecule has 3 heterocycles. The summed E-state index contributed by atoms with van der Waals surface area (Å²) < 4.78 is 27.7. The zero-order valence-corrected chi connectivity index (χ0v) is 19.0. The molecule has 9 nitrogen and oxygen atoms in total. The quantitative estimate of drug-likeness (QED) is 0.657. The van der Waals surface area contributed by atoms with Gasteiger partial charge >= 0.3 is 17.9 Å². The Labute approximate surface area is 177 Å². The first-order valence-corrected chi connectivity index (χ1v) is 10.3. The summed E-state index contributed by atoms with van der Waals surface area (Å²) >= 11 is 0. The fraction of sp³-hybridized carbons (Fsp3) is 0.857. The van der Waals surface area contributed by atoms with Crippen LogP contribution in [0.3, 0.4) is 0 Å². The van der Waals surface area contributed by atoms with Gasteiger partial charge in [-0.2, -0.15) is 0 Å². The molecular weight excluding hydrogens is 396 g/mol. The third-order valence-electron chi connectivity index (χ3n) is 5.94. The van der Waals surface area contributed by atoms with Crippen molar-refractivity contribution in [3.8, 4) is 0 Å². The predicted octanol–water partition coefficient (Wildman–Crippen LogP) is 2.64. The van der Waals surface area contributed by atoms with Crippen LogP contribution >= 0.6 is 0 Å². The van der Waals surface area contributed by atoms with Gasteiger partial charge in [-0.1, -0.05) is 13.8 Å². The van der Waals surface area contributed by atoms with Crippen LogP contribution in [-0.4, -0.2) is 59.5 Å².